The molecule has 0 aromatic heterocycles. The van der Waals surface area contributed by atoms with Crippen molar-refractivity contribution in [2.45, 2.75) is 37.3 Å². The van der Waals surface area contributed by atoms with Crippen LogP contribution < -0.4 is 0 Å². The molecular weight excluding hydrogens is 260 g/mol. The van der Waals surface area contributed by atoms with E-state index in [-0.39, 0.29) is 17.9 Å². The van der Waals surface area contributed by atoms with Gasteiger partial charge in [0.25, 0.3) is 0 Å². The zero-order valence-corrected chi connectivity index (χ0v) is 12.0. The largest absolute Gasteiger partial charge is 0.468 e. The molecule has 6 heteroatoms. The molecule has 3 fully saturated rings. The topological polar surface area (TPSA) is 59.1 Å². The van der Waals surface area contributed by atoms with E-state index in [1.807, 2.05) is 4.90 Å². The minimum Gasteiger partial charge on any atom is -0.468 e. The van der Waals surface area contributed by atoms with Crippen LogP contribution in [-0.4, -0.2) is 73.2 Å². The highest BCUT2D eigenvalue weighted by atomic mass is 16.5. The molecule has 112 valence electrons. The van der Waals surface area contributed by atoms with Crippen molar-refractivity contribution in [3.63, 3.8) is 0 Å². The fraction of sp³-hybridized carbons (Fsp3) is 0.857. The van der Waals surface area contributed by atoms with Crippen LogP contribution in [0, 0.1) is 0 Å². The lowest BCUT2D eigenvalue weighted by molar-refractivity contribution is -0.154. The molecule has 20 heavy (non-hydrogen) atoms. The maximum absolute atomic E-state index is 12.7. The molecular formula is C14H22N2O4. The van der Waals surface area contributed by atoms with Gasteiger partial charge in [-0.2, -0.15) is 0 Å². The maximum Gasteiger partial charge on any atom is 0.326 e. The number of nitrogens with zero attached hydrogens (tertiary/aromatic N) is 2. The summed E-state index contributed by atoms with van der Waals surface area (Å²) in [4.78, 5) is 28.8. The van der Waals surface area contributed by atoms with Crippen LogP contribution in [0.1, 0.15) is 25.7 Å². The van der Waals surface area contributed by atoms with Gasteiger partial charge in [0, 0.05) is 19.6 Å². The van der Waals surface area contributed by atoms with Crippen LogP contribution in [0.3, 0.4) is 0 Å². The smallest absolute Gasteiger partial charge is 0.326 e. The Balaban J connectivity index is 1.75. The monoisotopic (exact) mass is 282 g/mol. The molecule has 2 atom stereocenters. The molecule has 0 aromatic carbocycles. The van der Waals surface area contributed by atoms with Crippen molar-refractivity contribution in [2.75, 3.05) is 40.0 Å². The van der Waals surface area contributed by atoms with Gasteiger partial charge in [-0.3, -0.25) is 14.5 Å². The third-order valence-corrected chi connectivity index (χ3v) is 4.92. The third-order valence-electron chi connectivity index (χ3n) is 4.92. The molecule has 3 saturated heterocycles. The van der Waals surface area contributed by atoms with Crippen LogP contribution >= 0.6 is 0 Å². The lowest BCUT2D eigenvalue weighted by atomic mass is 9.94. The van der Waals surface area contributed by atoms with Gasteiger partial charge < -0.3 is 14.4 Å². The highest BCUT2D eigenvalue weighted by molar-refractivity contribution is 5.87. The molecule has 0 radical (unpaired) electrons. The number of hydrogen-bond donors (Lipinski definition) is 0. The predicted molar refractivity (Wildman–Crippen MR) is 71.1 cm³/mol. The van der Waals surface area contributed by atoms with Gasteiger partial charge in [-0.15, -0.1) is 0 Å². The minimum atomic E-state index is -0.540. The highest BCUT2D eigenvalue weighted by Gasteiger charge is 2.57. The fourth-order valence-electron chi connectivity index (χ4n) is 3.92. The zero-order chi connectivity index (χ0) is 14.2. The predicted octanol–water partition coefficient (Wildman–Crippen LogP) is 0.0152. The summed E-state index contributed by atoms with van der Waals surface area (Å²) in [5, 5.41) is 0. The van der Waals surface area contributed by atoms with E-state index in [0.29, 0.717) is 26.3 Å². The Labute approximate surface area is 119 Å². The Morgan fingerprint density at radius 2 is 1.95 bits per heavy atom. The normalized spacial score (nSPS) is 34.0. The van der Waals surface area contributed by atoms with Crippen molar-refractivity contribution >= 4 is 11.9 Å². The summed E-state index contributed by atoms with van der Waals surface area (Å²) in [6.45, 7) is 3.36. The van der Waals surface area contributed by atoms with E-state index in [9.17, 15) is 9.59 Å². The first kappa shape index (κ1) is 13.8. The van der Waals surface area contributed by atoms with Crippen molar-refractivity contribution in [1.29, 1.82) is 0 Å². The second kappa shape index (κ2) is 5.33. The summed E-state index contributed by atoms with van der Waals surface area (Å²) in [7, 11) is 1.44. The van der Waals surface area contributed by atoms with Crippen LogP contribution in [0.25, 0.3) is 0 Å². The number of carbonyl (C=O) groups excluding carboxylic acids is 2. The minimum absolute atomic E-state index is 0.154. The standard InChI is InChI=1S/C14H22N2O4/c1-19-13(18)14-4-2-6-16(14)11(3-5-14)12(17)15-7-9-20-10-8-15/h11H,2-10H2,1H3/t11-,14-/m0/s1. The first-order chi connectivity index (χ1) is 9.69. The molecule has 3 rings (SSSR count). The highest BCUT2D eigenvalue weighted by Crippen LogP contribution is 2.43. The molecule has 0 saturated carbocycles. The van der Waals surface area contributed by atoms with Crippen LogP contribution in [0.2, 0.25) is 0 Å². The molecule has 1 amide bonds. The molecule has 0 spiro atoms. The average Bonchev–Trinajstić information content (AvgIpc) is 3.06. The van der Waals surface area contributed by atoms with Gasteiger partial charge in [0.2, 0.25) is 5.91 Å². The molecule has 0 unspecified atom stereocenters. The lowest BCUT2D eigenvalue weighted by Crippen LogP contribution is -2.55. The SMILES string of the molecule is COC(=O)[C@@]12CCCN1[C@H](C(=O)N1CCOCC1)CC2. The van der Waals surface area contributed by atoms with Crippen molar-refractivity contribution in [3.8, 4) is 0 Å². The summed E-state index contributed by atoms with van der Waals surface area (Å²) < 4.78 is 10.3. The van der Waals surface area contributed by atoms with Gasteiger partial charge in [0.1, 0.15) is 5.54 Å². The van der Waals surface area contributed by atoms with E-state index < -0.39 is 5.54 Å². The molecule has 0 aliphatic carbocycles. The van der Waals surface area contributed by atoms with E-state index in [1.54, 1.807) is 0 Å². The van der Waals surface area contributed by atoms with E-state index in [0.717, 1.165) is 32.2 Å². The summed E-state index contributed by atoms with van der Waals surface area (Å²) in [5.74, 6) is -0.0201. The van der Waals surface area contributed by atoms with Crippen LogP contribution in [-0.2, 0) is 19.1 Å². The Morgan fingerprint density at radius 1 is 1.20 bits per heavy atom. The summed E-state index contributed by atoms with van der Waals surface area (Å²) in [6.07, 6.45) is 3.26. The van der Waals surface area contributed by atoms with Crippen molar-refractivity contribution in [1.82, 2.24) is 9.80 Å². The molecule has 0 bridgehead atoms. The van der Waals surface area contributed by atoms with Crippen molar-refractivity contribution in [3.05, 3.63) is 0 Å². The number of methoxy groups -OCH3 is 1. The number of hydrogen-bond acceptors (Lipinski definition) is 5. The Bertz CT molecular complexity index is 408. The molecule has 6 nitrogen and oxygen atoms in total. The van der Waals surface area contributed by atoms with Gasteiger partial charge in [0.15, 0.2) is 0 Å². The number of amides is 1. The van der Waals surface area contributed by atoms with Crippen molar-refractivity contribution < 1.29 is 19.1 Å². The molecule has 3 aliphatic rings. The van der Waals surface area contributed by atoms with Crippen LogP contribution in [0.15, 0.2) is 0 Å². The molecule has 3 aliphatic heterocycles. The van der Waals surface area contributed by atoms with Crippen molar-refractivity contribution in [2.24, 2.45) is 0 Å². The molecule has 3 heterocycles. The quantitative estimate of drug-likeness (QED) is 0.668. The molecule has 0 N–H and O–H groups in total. The van der Waals surface area contributed by atoms with Crippen LogP contribution in [0.4, 0.5) is 0 Å². The summed E-state index contributed by atoms with van der Waals surface area (Å²) in [5.41, 5.74) is -0.540. The van der Waals surface area contributed by atoms with E-state index >= 15 is 0 Å². The van der Waals surface area contributed by atoms with Gasteiger partial charge in [-0.1, -0.05) is 0 Å². The maximum atomic E-state index is 12.7. The second-order valence-electron chi connectivity index (χ2n) is 5.81. The Morgan fingerprint density at radius 3 is 2.65 bits per heavy atom. The number of esters is 1. The fourth-order valence-corrected chi connectivity index (χ4v) is 3.92. The third kappa shape index (κ3) is 2.02. The van der Waals surface area contributed by atoms with Gasteiger partial charge in [-0.05, 0) is 25.7 Å². The van der Waals surface area contributed by atoms with Crippen LogP contribution in [0.5, 0.6) is 0 Å². The summed E-state index contributed by atoms with van der Waals surface area (Å²) >= 11 is 0. The lowest BCUT2D eigenvalue weighted by Gasteiger charge is -2.35. The summed E-state index contributed by atoms with van der Waals surface area (Å²) in [6, 6.07) is -0.158. The number of morpholine rings is 1. The first-order valence-corrected chi connectivity index (χ1v) is 7.41. The van der Waals surface area contributed by atoms with Gasteiger partial charge in [-0.25, -0.2) is 0 Å². The second-order valence-corrected chi connectivity index (χ2v) is 5.81. The Kier molecular flexibility index (Phi) is 3.69. The zero-order valence-electron chi connectivity index (χ0n) is 12.0. The average molecular weight is 282 g/mol. The Hall–Kier alpha value is -1.14. The number of carbonyl (C=O) groups is 2. The number of fused-ring (bicyclic) bond motifs is 1. The first-order valence-electron chi connectivity index (χ1n) is 7.41. The van der Waals surface area contributed by atoms with E-state index in [1.165, 1.54) is 7.11 Å². The van der Waals surface area contributed by atoms with Gasteiger partial charge in [0.05, 0.1) is 26.4 Å². The number of ether oxygens (including phenoxy) is 2. The van der Waals surface area contributed by atoms with Gasteiger partial charge >= 0.3 is 5.97 Å². The molecule has 0 aromatic rings. The number of rotatable bonds is 2. The van der Waals surface area contributed by atoms with E-state index in [2.05, 4.69) is 4.90 Å². The van der Waals surface area contributed by atoms with E-state index in [4.69, 9.17) is 9.47 Å².